The molecule has 0 saturated heterocycles. The van der Waals surface area contributed by atoms with Crippen molar-refractivity contribution in [2.24, 2.45) is 17.6 Å². The van der Waals surface area contributed by atoms with Crippen molar-refractivity contribution < 1.29 is 0 Å². The van der Waals surface area contributed by atoms with E-state index >= 15 is 0 Å². The molecule has 78 valence electrons. The number of hydrogen-bond acceptors (Lipinski definition) is 1. The fourth-order valence-electron chi connectivity index (χ4n) is 1.37. The lowest BCUT2D eigenvalue weighted by molar-refractivity contribution is 0.411. The van der Waals surface area contributed by atoms with Gasteiger partial charge in [-0.25, -0.2) is 0 Å². The highest BCUT2D eigenvalue weighted by Crippen LogP contribution is 2.17. The molecule has 0 fully saturated rings. The third kappa shape index (κ3) is 6.83. The van der Waals surface area contributed by atoms with Crippen LogP contribution in [0.15, 0.2) is 12.2 Å². The van der Waals surface area contributed by atoms with Crippen LogP contribution < -0.4 is 5.73 Å². The predicted octanol–water partition coefficient (Wildman–Crippen LogP) is 3.35. The Labute approximate surface area is 83.4 Å². The van der Waals surface area contributed by atoms with Gasteiger partial charge in [-0.3, -0.25) is 0 Å². The van der Waals surface area contributed by atoms with E-state index in [-0.39, 0.29) is 6.04 Å². The summed E-state index contributed by atoms with van der Waals surface area (Å²) < 4.78 is 0. The van der Waals surface area contributed by atoms with Crippen LogP contribution in [-0.2, 0) is 0 Å². The average molecular weight is 183 g/mol. The van der Waals surface area contributed by atoms with E-state index in [1.807, 2.05) is 6.92 Å². The van der Waals surface area contributed by atoms with Crippen molar-refractivity contribution in [3.05, 3.63) is 12.2 Å². The van der Waals surface area contributed by atoms with Gasteiger partial charge in [0.1, 0.15) is 0 Å². The zero-order valence-electron chi connectivity index (χ0n) is 9.64. The highest BCUT2D eigenvalue weighted by Gasteiger charge is 2.09. The molecule has 13 heavy (non-hydrogen) atoms. The molecule has 0 aliphatic carbocycles. The number of nitrogens with two attached hydrogens (primary N) is 1. The Hall–Kier alpha value is -0.300. The second-order valence-electron chi connectivity index (χ2n) is 4.76. The molecule has 0 aromatic carbocycles. The SMILES string of the molecule is C=C(C)C(N)CC(C)CCC(C)C. The Bertz CT molecular complexity index is 149. The molecule has 0 bridgehead atoms. The first kappa shape index (κ1) is 12.7. The molecule has 2 atom stereocenters. The molecule has 0 aromatic rings. The van der Waals surface area contributed by atoms with Crippen molar-refractivity contribution in [1.82, 2.24) is 0 Å². The van der Waals surface area contributed by atoms with E-state index in [1.165, 1.54) is 12.8 Å². The summed E-state index contributed by atoms with van der Waals surface area (Å²) in [5, 5.41) is 0. The molecule has 0 radical (unpaired) electrons. The quantitative estimate of drug-likeness (QED) is 0.628. The van der Waals surface area contributed by atoms with Crippen molar-refractivity contribution in [2.75, 3.05) is 0 Å². The van der Waals surface area contributed by atoms with Gasteiger partial charge in [-0.15, -0.1) is 0 Å². The summed E-state index contributed by atoms with van der Waals surface area (Å²) in [6, 6.07) is 0.196. The van der Waals surface area contributed by atoms with Crippen LogP contribution in [0.2, 0.25) is 0 Å². The lowest BCUT2D eigenvalue weighted by atomic mass is 9.92. The standard InChI is InChI=1S/C12H25N/c1-9(2)6-7-11(5)8-12(13)10(3)4/h9,11-12H,3,6-8,13H2,1-2,4-5H3. The summed E-state index contributed by atoms with van der Waals surface area (Å²) >= 11 is 0. The van der Waals surface area contributed by atoms with E-state index in [0.29, 0.717) is 0 Å². The first-order chi connectivity index (χ1) is 5.93. The van der Waals surface area contributed by atoms with Gasteiger partial charge in [-0.2, -0.15) is 0 Å². The van der Waals surface area contributed by atoms with E-state index in [0.717, 1.165) is 23.8 Å². The van der Waals surface area contributed by atoms with Crippen LogP contribution >= 0.6 is 0 Å². The van der Waals surface area contributed by atoms with E-state index in [9.17, 15) is 0 Å². The Morgan fingerprint density at radius 2 is 1.77 bits per heavy atom. The van der Waals surface area contributed by atoms with Crippen LogP contribution in [-0.4, -0.2) is 6.04 Å². The van der Waals surface area contributed by atoms with Crippen molar-refractivity contribution in [3.8, 4) is 0 Å². The molecular formula is C12H25N. The summed E-state index contributed by atoms with van der Waals surface area (Å²) in [6.07, 6.45) is 3.69. The highest BCUT2D eigenvalue weighted by atomic mass is 14.6. The summed E-state index contributed by atoms with van der Waals surface area (Å²) in [7, 11) is 0. The fourth-order valence-corrected chi connectivity index (χ4v) is 1.37. The van der Waals surface area contributed by atoms with Crippen LogP contribution in [0.25, 0.3) is 0 Å². The van der Waals surface area contributed by atoms with Gasteiger partial charge in [0.05, 0.1) is 0 Å². The largest absolute Gasteiger partial charge is 0.324 e. The molecule has 2 unspecified atom stereocenters. The maximum absolute atomic E-state index is 5.92. The van der Waals surface area contributed by atoms with Gasteiger partial charge >= 0.3 is 0 Å². The van der Waals surface area contributed by atoms with Gasteiger partial charge in [0.25, 0.3) is 0 Å². The lowest BCUT2D eigenvalue weighted by Gasteiger charge is -2.18. The van der Waals surface area contributed by atoms with Crippen LogP contribution in [0, 0.1) is 11.8 Å². The van der Waals surface area contributed by atoms with Crippen LogP contribution in [0.5, 0.6) is 0 Å². The van der Waals surface area contributed by atoms with Crippen LogP contribution in [0.4, 0.5) is 0 Å². The van der Waals surface area contributed by atoms with Crippen LogP contribution in [0.3, 0.4) is 0 Å². The molecule has 0 heterocycles. The van der Waals surface area contributed by atoms with Crippen molar-refractivity contribution in [1.29, 1.82) is 0 Å². The number of hydrogen-bond donors (Lipinski definition) is 1. The molecule has 0 amide bonds. The summed E-state index contributed by atoms with van der Waals surface area (Å²) in [4.78, 5) is 0. The molecule has 0 rings (SSSR count). The van der Waals surface area contributed by atoms with Gasteiger partial charge in [0.2, 0.25) is 0 Å². The molecular weight excluding hydrogens is 158 g/mol. The zero-order chi connectivity index (χ0) is 10.4. The second-order valence-corrected chi connectivity index (χ2v) is 4.76. The first-order valence-electron chi connectivity index (χ1n) is 5.34. The zero-order valence-corrected chi connectivity index (χ0v) is 9.64. The number of rotatable bonds is 6. The highest BCUT2D eigenvalue weighted by molar-refractivity contribution is 4.99. The van der Waals surface area contributed by atoms with Crippen molar-refractivity contribution >= 4 is 0 Å². The van der Waals surface area contributed by atoms with Gasteiger partial charge in [-0.1, -0.05) is 45.8 Å². The molecule has 0 aliphatic heterocycles. The fraction of sp³-hybridized carbons (Fsp3) is 0.833. The van der Waals surface area contributed by atoms with E-state index in [2.05, 4.69) is 27.4 Å². The summed E-state index contributed by atoms with van der Waals surface area (Å²) in [5.41, 5.74) is 7.03. The summed E-state index contributed by atoms with van der Waals surface area (Å²) in [6.45, 7) is 12.7. The van der Waals surface area contributed by atoms with Gasteiger partial charge in [-0.05, 0) is 25.2 Å². The molecule has 0 saturated carbocycles. The minimum Gasteiger partial charge on any atom is -0.324 e. The lowest BCUT2D eigenvalue weighted by Crippen LogP contribution is -2.23. The maximum atomic E-state index is 5.92. The Morgan fingerprint density at radius 1 is 1.23 bits per heavy atom. The molecule has 1 heteroatoms. The van der Waals surface area contributed by atoms with Gasteiger partial charge in [0, 0.05) is 6.04 Å². The molecule has 0 spiro atoms. The van der Waals surface area contributed by atoms with Crippen molar-refractivity contribution in [3.63, 3.8) is 0 Å². The van der Waals surface area contributed by atoms with E-state index in [1.54, 1.807) is 0 Å². The smallest absolute Gasteiger partial charge is 0.0250 e. The minimum atomic E-state index is 0.196. The monoisotopic (exact) mass is 183 g/mol. The Morgan fingerprint density at radius 3 is 2.15 bits per heavy atom. The van der Waals surface area contributed by atoms with E-state index in [4.69, 9.17) is 5.73 Å². The molecule has 0 aliphatic rings. The Kier molecular flexibility index (Phi) is 6.06. The maximum Gasteiger partial charge on any atom is 0.0250 e. The molecule has 2 N–H and O–H groups in total. The second kappa shape index (κ2) is 6.20. The molecule has 0 aromatic heterocycles. The van der Waals surface area contributed by atoms with Crippen LogP contribution in [0.1, 0.15) is 47.0 Å². The van der Waals surface area contributed by atoms with Crippen molar-refractivity contribution in [2.45, 2.75) is 53.0 Å². The van der Waals surface area contributed by atoms with Gasteiger partial charge in [0.15, 0.2) is 0 Å². The molecule has 1 nitrogen and oxygen atoms in total. The van der Waals surface area contributed by atoms with Gasteiger partial charge < -0.3 is 5.73 Å². The Balaban J connectivity index is 3.61. The van der Waals surface area contributed by atoms with E-state index < -0.39 is 0 Å². The topological polar surface area (TPSA) is 26.0 Å². The third-order valence-corrected chi connectivity index (χ3v) is 2.53. The first-order valence-corrected chi connectivity index (χ1v) is 5.34. The third-order valence-electron chi connectivity index (χ3n) is 2.53. The average Bonchev–Trinajstić information content (AvgIpc) is 2.00. The summed E-state index contributed by atoms with van der Waals surface area (Å²) in [5.74, 6) is 1.54. The minimum absolute atomic E-state index is 0.196. The normalized spacial score (nSPS) is 15.8. The predicted molar refractivity (Wildman–Crippen MR) is 60.6 cm³/mol.